The molecule has 0 unspecified atom stereocenters. The Morgan fingerprint density at radius 3 is 2.75 bits per heavy atom. The monoisotopic (exact) mass is 383 g/mol. The SMILES string of the molecule is C=C(/C=C\C(=C/CO)C[C@@H]1c2ccc(OC)cc2CCN1CC1CCC1)OC. The molecule has 0 saturated heterocycles. The van der Waals surface area contributed by atoms with Crippen LogP contribution in [0.25, 0.3) is 0 Å². The predicted molar refractivity (Wildman–Crippen MR) is 113 cm³/mol. The molecule has 0 radical (unpaired) electrons. The van der Waals surface area contributed by atoms with Gasteiger partial charge in [-0.15, -0.1) is 0 Å². The van der Waals surface area contributed by atoms with Crippen LogP contribution in [0.4, 0.5) is 0 Å². The quantitative estimate of drug-likeness (QED) is 0.506. The van der Waals surface area contributed by atoms with Crippen LogP contribution in [-0.4, -0.2) is 43.9 Å². The summed E-state index contributed by atoms with van der Waals surface area (Å²) in [4.78, 5) is 2.64. The zero-order valence-electron chi connectivity index (χ0n) is 17.2. The Kier molecular flexibility index (Phi) is 7.35. The molecular formula is C24H33NO3. The molecule has 0 bridgehead atoms. The number of benzene rings is 1. The fourth-order valence-electron chi connectivity index (χ4n) is 4.16. The van der Waals surface area contributed by atoms with Gasteiger partial charge in [0.1, 0.15) is 11.5 Å². The first-order valence-electron chi connectivity index (χ1n) is 10.3. The van der Waals surface area contributed by atoms with Crippen LogP contribution in [0, 0.1) is 5.92 Å². The molecule has 0 aromatic heterocycles. The summed E-state index contributed by atoms with van der Waals surface area (Å²) in [5.41, 5.74) is 3.87. The molecule has 1 aromatic rings. The minimum absolute atomic E-state index is 0.0317. The van der Waals surface area contributed by atoms with Gasteiger partial charge in [-0.25, -0.2) is 0 Å². The van der Waals surface area contributed by atoms with E-state index in [0.29, 0.717) is 11.8 Å². The van der Waals surface area contributed by atoms with Crippen LogP contribution in [0.3, 0.4) is 0 Å². The van der Waals surface area contributed by atoms with E-state index >= 15 is 0 Å². The lowest BCUT2D eigenvalue weighted by molar-refractivity contribution is 0.123. The van der Waals surface area contributed by atoms with E-state index in [1.54, 1.807) is 14.2 Å². The molecule has 1 aromatic carbocycles. The first-order chi connectivity index (χ1) is 13.6. The number of allylic oxidation sites excluding steroid dienone is 2. The van der Waals surface area contributed by atoms with E-state index in [9.17, 15) is 5.11 Å². The summed E-state index contributed by atoms with van der Waals surface area (Å²) < 4.78 is 10.6. The lowest BCUT2D eigenvalue weighted by Crippen LogP contribution is -2.40. The highest BCUT2D eigenvalue weighted by molar-refractivity contribution is 5.40. The summed E-state index contributed by atoms with van der Waals surface area (Å²) in [6.45, 7) is 6.12. The van der Waals surface area contributed by atoms with Crippen LogP contribution in [0.5, 0.6) is 5.75 Å². The van der Waals surface area contributed by atoms with Gasteiger partial charge in [-0.1, -0.05) is 31.2 Å². The van der Waals surface area contributed by atoms with Crippen molar-refractivity contribution in [1.82, 2.24) is 4.90 Å². The molecule has 4 nitrogen and oxygen atoms in total. The van der Waals surface area contributed by atoms with E-state index < -0.39 is 0 Å². The fraction of sp³-hybridized carbons (Fsp3) is 0.500. The minimum Gasteiger partial charge on any atom is -0.497 e. The lowest BCUT2D eigenvalue weighted by atomic mass is 9.82. The van der Waals surface area contributed by atoms with Crippen LogP contribution < -0.4 is 4.74 Å². The molecule has 2 aliphatic rings. The van der Waals surface area contributed by atoms with Crippen molar-refractivity contribution < 1.29 is 14.6 Å². The topological polar surface area (TPSA) is 41.9 Å². The van der Waals surface area contributed by atoms with Crippen LogP contribution in [0.15, 0.2) is 54.3 Å². The van der Waals surface area contributed by atoms with Crippen molar-refractivity contribution in [2.75, 3.05) is 33.9 Å². The van der Waals surface area contributed by atoms with E-state index in [-0.39, 0.29) is 6.61 Å². The Balaban J connectivity index is 1.86. The summed E-state index contributed by atoms with van der Waals surface area (Å²) in [6.07, 6.45) is 11.8. The summed E-state index contributed by atoms with van der Waals surface area (Å²) in [5.74, 6) is 2.37. The van der Waals surface area contributed by atoms with Gasteiger partial charge in [-0.3, -0.25) is 4.90 Å². The van der Waals surface area contributed by atoms with E-state index in [2.05, 4.69) is 29.7 Å². The van der Waals surface area contributed by atoms with Crippen LogP contribution in [0.2, 0.25) is 0 Å². The van der Waals surface area contributed by atoms with Gasteiger partial charge >= 0.3 is 0 Å². The Hall–Kier alpha value is -2.04. The molecule has 1 aliphatic carbocycles. The molecule has 0 spiro atoms. The summed E-state index contributed by atoms with van der Waals surface area (Å²) >= 11 is 0. The predicted octanol–water partition coefficient (Wildman–Crippen LogP) is 4.42. The third-order valence-corrected chi connectivity index (χ3v) is 6.06. The lowest BCUT2D eigenvalue weighted by Gasteiger charge is -2.41. The molecule has 1 heterocycles. The van der Waals surface area contributed by atoms with Gasteiger partial charge in [-0.05, 0) is 66.5 Å². The fourth-order valence-corrected chi connectivity index (χ4v) is 4.16. The number of hydrogen-bond acceptors (Lipinski definition) is 4. The second-order valence-electron chi connectivity index (χ2n) is 7.79. The number of ether oxygens (including phenoxy) is 2. The Bertz CT molecular complexity index is 733. The third kappa shape index (κ3) is 5.06. The third-order valence-electron chi connectivity index (χ3n) is 6.06. The highest BCUT2D eigenvalue weighted by Crippen LogP contribution is 2.38. The molecule has 1 atom stereocenters. The number of nitrogens with zero attached hydrogens (tertiary/aromatic N) is 1. The number of rotatable bonds is 9. The van der Waals surface area contributed by atoms with Gasteiger partial charge in [0.05, 0.1) is 20.8 Å². The van der Waals surface area contributed by atoms with Gasteiger partial charge in [0.15, 0.2) is 0 Å². The Morgan fingerprint density at radius 1 is 1.29 bits per heavy atom. The van der Waals surface area contributed by atoms with Gasteiger partial charge < -0.3 is 14.6 Å². The van der Waals surface area contributed by atoms with Gasteiger partial charge in [0.2, 0.25) is 0 Å². The standard InChI is InChI=1S/C24H33NO3/c1-18(27-2)7-8-19(12-14-26)15-24-23-10-9-22(28-3)16-21(23)11-13-25(24)17-20-5-4-6-20/h7-10,12,16,20,24,26H,1,4-6,11,13-15,17H2,2-3H3/b8-7-,19-12+/t24-/m1/s1. The number of aliphatic hydroxyl groups excluding tert-OH is 1. The molecule has 1 aliphatic heterocycles. The maximum Gasteiger partial charge on any atom is 0.119 e. The maximum absolute atomic E-state index is 9.52. The average molecular weight is 384 g/mol. The number of aliphatic hydroxyl groups is 1. The van der Waals surface area contributed by atoms with E-state index in [0.717, 1.165) is 43.2 Å². The molecule has 1 fully saturated rings. The Morgan fingerprint density at radius 2 is 2.11 bits per heavy atom. The van der Waals surface area contributed by atoms with Crippen molar-refractivity contribution in [2.24, 2.45) is 5.92 Å². The van der Waals surface area contributed by atoms with Crippen molar-refractivity contribution >= 4 is 0 Å². The smallest absolute Gasteiger partial charge is 0.119 e. The molecule has 28 heavy (non-hydrogen) atoms. The summed E-state index contributed by atoms with van der Waals surface area (Å²) in [5, 5.41) is 9.52. The zero-order valence-corrected chi connectivity index (χ0v) is 17.2. The molecule has 1 N–H and O–H groups in total. The van der Waals surface area contributed by atoms with Crippen LogP contribution in [0.1, 0.15) is 42.9 Å². The van der Waals surface area contributed by atoms with E-state index in [1.807, 2.05) is 18.2 Å². The Labute approximate surface area is 169 Å². The van der Waals surface area contributed by atoms with E-state index in [1.165, 1.54) is 30.4 Å². The molecule has 0 amide bonds. The highest BCUT2D eigenvalue weighted by Gasteiger charge is 2.31. The van der Waals surface area contributed by atoms with Crippen molar-refractivity contribution in [3.8, 4) is 5.75 Å². The molecule has 4 heteroatoms. The maximum atomic E-state index is 9.52. The van der Waals surface area contributed by atoms with Crippen molar-refractivity contribution in [2.45, 2.75) is 38.1 Å². The molecular weight excluding hydrogens is 350 g/mol. The van der Waals surface area contributed by atoms with E-state index in [4.69, 9.17) is 9.47 Å². The van der Waals surface area contributed by atoms with Crippen molar-refractivity contribution in [3.05, 3.63) is 65.5 Å². The van der Waals surface area contributed by atoms with Crippen LogP contribution in [-0.2, 0) is 11.2 Å². The minimum atomic E-state index is 0.0317. The molecule has 152 valence electrons. The second-order valence-corrected chi connectivity index (χ2v) is 7.79. The molecule has 1 saturated carbocycles. The number of fused-ring (bicyclic) bond motifs is 1. The number of hydrogen-bond donors (Lipinski definition) is 1. The zero-order chi connectivity index (χ0) is 19.9. The number of methoxy groups -OCH3 is 2. The normalized spacial score (nSPS) is 20.7. The second kappa shape index (κ2) is 9.94. The first-order valence-corrected chi connectivity index (χ1v) is 10.3. The summed E-state index contributed by atoms with van der Waals surface area (Å²) in [7, 11) is 3.34. The van der Waals surface area contributed by atoms with Crippen LogP contribution >= 0.6 is 0 Å². The van der Waals surface area contributed by atoms with Gasteiger partial charge in [0, 0.05) is 19.1 Å². The van der Waals surface area contributed by atoms with Gasteiger partial charge in [-0.2, -0.15) is 0 Å². The first kappa shape index (κ1) is 20.7. The van der Waals surface area contributed by atoms with Crippen molar-refractivity contribution in [3.63, 3.8) is 0 Å². The summed E-state index contributed by atoms with van der Waals surface area (Å²) in [6, 6.07) is 6.78. The van der Waals surface area contributed by atoms with Gasteiger partial charge in [0.25, 0.3) is 0 Å². The molecule has 3 rings (SSSR count). The average Bonchev–Trinajstić information content (AvgIpc) is 2.69. The van der Waals surface area contributed by atoms with Crippen molar-refractivity contribution in [1.29, 1.82) is 0 Å². The highest BCUT2D eigenvalue weighted by atomic mass is 16.5. The largest absolute Gasteiger partial charge is 0.497 e.